The zero-order valence-corrected chi connectivity index (χ0v) is 32.3. The topological polar surface area (TPSA) is 140 Å². The maximum Gasteiger partial charge on any atom is 0.302 e. The molecule has 9 nitrogen and oxygen atoms in total. The maximum atomic E-state index is 13.2. The molecular formula is C42H57NO8. The van der Waals surface area contributed by atoms with Crippen molar-refractivity contribution in [3.63, 3.8) is 0 Å². The van der Waals surface area contributed by atoms with Crippen molar-refractivity contribution in [2.75, 3.05) is 0 Å². The zero-order valence-electron chi connectivity index (χ0n) is 32.3. The van der Waals surface area contributed by atoms with Crippen LogP contribution in [0.4, 0.5) is 0 Å². The molecule has 1 heterocycles. The van der Waals surface area contributed by atoms with Gasteiger partial charge in [-0.05, 0) is 88.0 Å². The molecule has 5 atom stereocenters. The first kappa shape index (κ1) is 41.5. The van der Waals surface area contributed by atoms with E-state index in [1.807, 2.05) is 84.9 Å². The van der Waals surface area contributed by atoms with Gasteiger partial charge < -0.3 is 19.7 Å². The van der Waals surface area contributed by atoms with Gasteiger partial charge in [0.2, 0.25) is 0 Å². The minimum Gasteiger partial charge on any atom is -0.462 e. The molecule has 3 rings (SSSR count). The van der Waals surface area contributed by atoms with Gasteiger partial charge in [-0.1, -0.05) is 75.8 Å². The molecule has 2 N–H and O–H groups in total. The number of hydrogen-bond donors (Lipinski definition) is 2. The number of fused-ring (bicyclic) bond motifs is 1. The normalized spacial score (nSPS) is 31.3. The predicted molar refractivity (Wildman–Crippen MR) is 200 cm³/mol. The van der Waals surface area contributed by atoms with Crippen LogP contribution in [0.15, 0.2) is 100 Å². The third-order valence-corrected chi connectivity index (χ3v) is 10.4. The molecule has 1 aliphatic heterocycles. The Labute approximate surface area is 303 Å². The highest BCUT2D eigenvalue weighted by Gasteiger charge is 2.76. The monoisotopic (exact) mass is 703 g/mol. The van der Waals surface area contributed by atoms with Crippen LogP contribution in [0.5, 0.6) is 0 Å². The molecule has 0 aromatic rings. The Morgan fingerprint density at radius 2 is 1.51 bits per heavy atom. The largest absolute Gasteiger partial charge is 0.462 e. The van der Waals surface area contributed by atoms with Crippen molar-refractivity contribution in [1.82, 2.24) is 0 Å². The van der Waals surface area contributed by atoms with E-state index in [0.29, 0.717) is 31.3 Å². The number of epoxide rings is 1. The summed E-state index contributed by atoms with van der Waals surface area (Å²) in [5.74, 6) is -0.555. The average molecular weight is 704 g/mol. The van der Waals surface area contributed by atoms with Crippen LogP contribution in [0.3, 0.4) is 0 Å². The number of nitro groups is 1. The van der Waals surface area contributed by atoms with Crippen molar-refractivity contribution in [2.24, 2.45) is 10.8 Å². The number of ether oxygens (including phenoxy) is 2. The van der Waals surface area contributed by atoms with E-state index in [-0.39, 0.29) is 35.5 Å². The van der Waals surface area contributed by atoms with Crippen molar-refractivity contribution in [3.8, 4) is 0 Å². The minimum atomic E-state index is -1.14. The molecule has 0 aromatic carbocycles. The lowest BCUT2D eigenvalue weighted by atomic mass is 9.61. The number of hydrogen-bond acceptors (Lipinski definition) is 8. The molecule has 0 spiro atoms. The second-order valence-corrected chi connectivity index (χ2v) is 16.3. The Morgan fingerprint density at radius 1 is 0.902 bits per heavy atom. The first-order chi connectivity index (χ1) is 23.4. The number of Topliss-reactive ketones (excluding diaryl/α,β-unsaturated/α-hetero) is 1. The number of aliphatic hydroxyl groups is 2. The molecule has 9 heteroatoms. The van der Waals surface area contributed by atoms with Crippen molar-refractivity contribution in [1.29, 1.82) is 0 Å². The summed E-state index contributed by atoms with van der Waals surface area (Å²) in [6.07, 6.45) is 19.0. The first-order valence-corrected chi connectivity index (χ1v) is 17.6. The van der Waals surface area contributed by atoms with Gasteiger partial charge in [-0.2, -0.15) is 0 Å². The highest BCUT2D eigenvalue weighted by molar-refractivity contribution is 5.96. The lowest BCUT2D eigenvalue weighted by molar-refractivity contribution is -0.419. The van der Waals surface area contributed by atoms with Crippen LogP contribution in [0, 0.1) is 20.9 Å². The summed E-state index contributed by atoms with van der Waals surface area (Å²) in [6.45, 7) is 20.3. The smallest absolute Gasteiger partial charge is 0.302 e. The number of nitrogens with zero attached hydrogens (tertiary/aromatic N) is 1. The van der Waals surface area contributed by atoms with Crippen LogP contribution in [0.1, 0.15) is 108 Å². The van der Waals surface area contributed by atoms with Gasteiger partial charge in [-0.25, -0.2) is 0 Å². The summed E-state index contributed by atoms with van der Waals surface area (Å²) in [7, 11) is 0. The Bertz CT molecular complexity index is 1670. The average Bonchev–Trinajstić information content (AvgIpc) is 3.57. The molecule has 0 aromatic heterocycles. The number of aliphatic hydroxyl groups excluding tert-OH is 1. The lowest BCUT2D eigenvalue weighted by Gasteiger charge is -2.44. The van der Waals surface area contributed by atoms with E-state index in [2.05, 4.69) is 5.73 Å². The third kappa shape index (κ3) is 10.4. The summed E-state index contributed by atoms with van der Waals surface area (Å²) >= 11 is 0. The van der Waals surface area contributed by atoms with E-state index in [1.54, 1.807) is 32.9 Å². The van der Waals surface area contributed by atoms with Crippen LogP contribution in [0.2, 0.25) is 0 Å². The van der Waals surface area contributed by atoms with E-state index < -0.39 is 38.7 Å². The lowest BCUT2D eigenvalue weighted by Crippen LogP contribution is -2.48. The van der Waals surface area contributed by atoms with E-state index in [9.17, 15) is 29.9 Å². The molecule has 0 amide bonds. The number of allylic oxidation sites excluding steroid dienone is 13. The maximum absolute atomic E-state index is 13.2. The molecule has 0 radical (unpaired) electrons. The van der Waals surface area contributed by atoms with Gasteiger partial charge in [0.25, 0.3) is 5.70 Å². The van der Waals surface area contributed by atoms with Gasteiger partial charge in [0.05, 0.1) is 22.2 Å². The second kappa shape index (κ2) is 15.8. The standard InChI is InChI=1S/C42H57NO8/c1-28(17-14-18-29(2)19-20-37-38(6,7)25-35(50-32(5)44)26-40(37,10)47)15-12-13-16-30(3)21-33(43(48)49)22-31(4)36(46)27-42-39(8,9)23-34(45)24-41(42,11)51-42/h12-19,21-22,34-35,45,47H,23-27H2,1-11H3/b13-12+,17-14+,28-15+,29-18+,30-16+,31-22+,33-21-/t20?,34-,35+,40+,41+,42-/m0/s1. The third-order valence-electron chi connectivity index (χ3n) is 10.4. The number of carbonyl (C=O) groups excluding carboxylic acids is 2. The van der Waals surface area contributed by atoms with Crippen LogP contribution in [-0.2, 0) is 19.1 Å². The minimum absolute atomic E-state index is 0.111. The molecule has 278 valence electrons. The van der Waals surface area contributed by atoms with Crippen LogP contribution in [0.25, 0.3) is 0 Å². The molecule has 3 fully saturated rings. The van der Waals surface area contributed by atoms with Gasteiger partial charge in [-0.15, -0.1) is 5.73 Å². The Kier molecular flexibility index (Phi) is 12.9. The number of esters is 1. The van der Waals surface area contributed by atoms with Gasteiger partial charge in [0.15, 0.2) is 5.78 Å². The second-order valence-electron chi connectivity index (χ2n) is 16.3. The highest BCUT2D eigenvalue weighted by Crippen LogP contribution is 2.67. The van der Waals surface area contributed by atoms with Crippen molar-refractivity contribution >= 4 is 11.8 Å². The van der Waals surface area contributed by atoms with Crippen molar-refractivity contribution in [2.45, 2.75) is 137 Å². The molecule has 3 aliphatic rings. The van der Waals surface area contributed by atoms with E-state index in [0.717, 1.165) is 16.7 Å². The summed E-state index contributed by atoms with van der Waals surface area (Å²) < 4.78 is 11.5. The van der Waals surface area contributed by atoms with Crippen LogP contribution in [-0.4, -0.2) is 55.9 Å². The number of carbonyl (C=O) groups is 2. The molecule has 1 saturated heterocycles. The Balaban J connectivity index is 1.64. The number of ketones is 1. The molecule has 2 saturated carbocycles. The highest BCUT2D eigenvalue weighted by atomic mass is 16.6. The zero-order chi connectivity index (χ0) is 38.6. The first-order valence-electron chi connectivity index (χ1n) is 17.6. The fourth-order valence-corrected chi connectivity index (χ4v) is 8.00. The van der Waals surface area contributed by atoms with Gasteiger partial charge >= 0.3 is 5.97 Å². The summed E-state index contributed by atoms with van der Waals surface area (Å²) in [6, 6.07) is 0. The Hall–Kier alpha value is -3.88. The number of rotatable bonds is 12. The summed E-state index contributed by atoms with van der Waals surface area (Å²) in [4.78, 5) is 36.1. The van der Waals surface area contributed by atoms with Crippen LogP contribution < -0.4 is 0 Å². The molecule has 0 bridgehead atoms. The molecular weight excluding hydrogens is 646 g/mol. The quantitative estimate of drug-likeness (QED) is 0.0394. The van der Waals surface area contributed by atoms with E-state index in [1.165, 1.54) is 19.1 Å². The fourth-order valence-electron chi connectivity index (χ4n) is 8.00. The Morgan fingerprint density at radius 3 is 2.08 bits per heavy atom. The van der Waals surface area contributed by atoms with Crippen LogP contribution >= 0.6 is 0 Å². The van der Waals surface area contributed by atoms with Crippen molar-refractivity contribution < 1.29 is 34.2 Å². The van der Waals surface area contributed by atoms with E-state index in [4.69, 9.17) is 9.47 Å². The molecule has 0 unspecified atom stereocenters. The summed E-state index contributed by atoms with van der Waals surface area (Å²) in [5, 5.41) is 33.3. The van der Waals surface area contributed by atoms with E-state index >= 15 is 0 Å². The van der Waals surface area contributed by atoms with Crippen molar-refractivity contribution in [3.05, 3.63) is 110 Å². The SMILES string of the molecule is CC(=O)O[C@@H]1CC(C)(C)C(=C=C/C(C)=C/C=C/C(C)=C/C=C/C=C(C)/C=C(/C=C(\C)C(=O)C[C@@]23O[C@]2(C)C[C@@H](O)CC3(C)C)[N+](=O)[O-])[C@](C)(O)C1. The fraction of sp³-hybridized carbons (Fsp3) is 0.548. The molecule has 2 aliphatic carbocycles. The summed E-state index contributed by atoms with van der Waals surface area (Å²) in [5.41, 5.74) is 3.57. The van der Waals surface area contributed by atoms with Gasteiger partial charge in [0, 0.05) is 43.9 Å². The predicted octanol–water partition coefficient (Wildman–Crippen LogP) is 8.30. The van der Waals surface area contributed by atoms with Gasteiger partial charge in [0.1, 0.15) is 11.7 Å². The molecule has 51 heavy (non-hydrogen) atoms. The van der Waals surface area contributed by atoms with Gasteiger partial charge in [-0.3, -0.25) is 19.7 Å².